The zero-order chi connectivity index (χ0) is 28.3. The van der Waals surface area contributed by atoms with Crippen LogP contribution < -0.4 is 10.5 Å². The molecule has 38 heavy (non-hydrogen) atoms. The second-order valence-electron chi connectivity index (χ2n) is 7.79. The summed E-state index contributed by atoms with van der Waals surface area (Å²) in [5.41, 5.74) is 6.87. The molecule has 1 aliphatic rings. The zero-order valence-corrected chi connectivity index (χ0v) is 20.7. The maximum Gasteiger partial charge on any atom is 0.490 e. The Morgan fingerprint density at radius 2 is 1.97 bits per heavy atom. The highest BCUT2D eigenvalue weighted by molar-refractivity contribution is 7.91. The van der Waals surface area contributed by atoms with E-state index in [1.165, 1.54) is 29.4 Å². The van der Waals surface area contributed by atoms with Crippen LogP contribution in [0.1, 0.15) is 17.5 Å². The van der Waals surface area contributed by atoms with Crippen LogP contribution in [-0.4, -0.2) is 65.2 Å². The summed E-state index contributed by atoms with van der Waals surface area (Å²) in [4.78, 5) is 23.8. The number of aromatic hydroxyl groups is 1. The van der Waals surface area contributed by atoms with Gasteiger partial charge in [-0.25, -0.2) is 13.2 Å². The lowest BCUT2D eigenvalue weighted by Gasteiger charge is -2.18. The fourth-order valence-electron chi connectivity index (χ4n) is 3.28. The number of nitrogen functional groups attached to an aromatic ring is 1. The molecule has 1 aliphatic heterocycles. The van der Waals surface area contributed by atoms with Gasteiger partial charge in [0.1, 0.15) is 33.8 Å². The van der Waals surface area contributed by atoms with E-state index in [0.717, 1.165) is 11.3 Å². The van der Waals surface area contributed by atoms with E-state index in [-0.39, 0.29) is 28.2 Å². The lowest BCUT2D eigenvalue weighted by Crippen LogP contribution is -2.41. The van der Waals surface area contributed by atoms with Gasteiger partial charge in [0.05, 0.1) is 4.88 Å². The van der Waals surface area contributed by atoms with Crippen molar-refractivity contribution >= 4 is 39.1 Å². The molecule has 3 aromatic rings. The van der Waals surface area contributed by atoms with Crippen molar-refractivity contribution in [3.05, 3.63) is 53.8 Å². The molecular weight excluding hydrogens is 555 g/mol. The first kappa shape index (κ1) is 28.6. The average molecular weight is 576 g/mol. The van der Waals surface area contributed by atoms with Crippen LogP contribution >= 0.6 is 11.3 Å². The predicted octanol–water partition coefficient (Wildman–Crippen LogP) is 2.11. The van der Waals surface area contributed by atoms with E-state index in [0.29, 0.717) is 34.7 Å². The summed E-state index contributed by atoms with van der Waals surface area (Å²) >= 11 is 1.03. The summed E-state index contributed by atoms with van der Waals surface area (Å²) < 4.78 is 64.6. The van der Waals surface area contributed by atoms with Gasteiger partial charge in [0.15, 0.2) is 0 Å². The quantitative estimate of drug-likeness (QED) is 0.207. The number of aromatic nitrogens is 1. The number of hydrogen-bond donors (Lipinski definition) is 5. The standard InChI is InChI=1S/C19H19N5O5S2.C2HF3O2/c20-18(21)11-1-2-15(25)12(9-11)10-24-7-5-14(19(24)26)23-31(27,28)17-4-3-16(30-17)13-6-8-29-22-13;3-2(4,5)1(6)7/h1-4,6,8-9,14,23,25H,5,7,10H2,(H3,20,21);(H,6,7)/t14-;/m0./s1. The molecule has 0 spiro atoms. The Hall–Kier alpha value is -3.96. The van der Waals surface area contributed by atoms with Crippen molar-refractivity contribution in [2.75, 3.05) is 6.54 Å². The molecule has 0 aliphatic carbocycles. The number of aliphatic carboxylic acids is 1. The molecule has 0 unspecified atom stereocenters. The zero-order valence-electron chi connectivity index (χ0n) is 19.1. The number of hydrogen-bond acceptors (Lipinski definition) is 9. The fourth-order valence-corrected chi connectivity index (χ4v) is 5.79. The molecule has 12 nitrogen and oxygen atoms in total. The second kappa shape index (κ2) is 11.2. The van der Waals surface area contributed by atoms with E-state index in [2.05, 4.69) is 9.88 Å². The number of nitrogens with two attached hydrogens (primary N) is 1. The molecule has 1 fully saturated rings. The number of sulfonamides is 1. The number of phenols is 1. The number of rotatable bonds is 7. The van der Waals surface area contributed by atoms with Crippen molar-refractivity contribution in [2.45, 2.75) is 29.4 Å². The van der Waals surface area contributed by atoms with E-state index >= 15 is 0 Å². The first-order valence-electron chi connectivity index (χ1n) is 10.5. The summed E-state index contributed by atoms with van der Waals surface area (Å²) in [5.74, 6) is -3.32. The van der Waals surface area contributed by atoms with Crippen molar-refractivity contribution in [3.63, 3.8) is 0 Å². The normalized spacial score (nSPS) is 15.7. The molecule has 17 heteroatoms. The largest absolute Gasteiger partial charge is 0.508 e. The van der Waals surface area contributed by atoms with E-state index in [9.17, 15) is 31.5 Å². The Bertz CT molecular complexity index is 1440. The van der Waals surface area contributed by atoms with Gasteiger partial charge < -0.3 is 25.4 Å². The van der Waals surface area contributed by atoms with Gasteiger partial charge in [-0.15, -0.1) is 11.3 Å². The Kier molecular flexibility index (Phi) is 8.43. The number of amides is 1. The molecule has 0 bridgehead atoms. The van der Waals surface area contributed by atoms with E-state index in [4.69, 9.17) is 25.6 Å². The van der Waals surface area contributed by atoms with Gasteiger partial charge in [-0.2, -0.15) is 17.9 Å². The minimum atomic E-state index is -5.08. The number of halogens is 3. The second-order valence-corrected chi connectivity index (χ2v) is 10.8. The highest BCUT2D eigenvalue weighted by atomic mass is 32.2. The molecule has 1 saturated heterocycles. The third-order valence-corrected chi connectivity index (χ3v) is 8.20. The molecule has 0 radical (unpaired) electrons. The topological polar surface area (TPSA) is 200 Å². The monoisotopic (exact) mass is 575 g/mol. The SMILES string of the molecule is N=C(N)c1ccc(O)c(CN2CC[C@H](NS(=O)(=O)c3ccc(-c4ccon4)s3)C2=O)c1.O=C(O)C(F)(F)F. The van der Waals surface area contributed by atoms with E-state index < -0.39 is 28.2 Å². The Labute approximate surface area is 217 Å². The number of thiophene rings is 1. The molecular formula is C21H20F3N5O7S2. The van der Waals surface area contributed by atoms with Crippen molar-refractivity contribution in [1.82, 2.24) is 14.8 Å². The van der Waals surface area contributed by atoms with Crippen molar-refractivity contribution < 1.29 is 45.9 Å². The number of carboxylic acids is 1. The van der Waals surface area contributed by atoms with Crippen molar-refractivity contribution in [1.29, 1.82) is 5.41 Å². The lowest BCUT2D eigenvalue weighted by molar-refractivity contribution is -0.192. The van der Waals surface area contributed by atoms with Gasteiger partial charge in [0.2, 0.25) is 5.91 Å². The maximum atomic E-state index is 12.8. The molecule has 1 aromatic carbocycles. The van der Waals surface area contributed by atoms with Crippen LogP contribution in [0.4, 0.5) is 13.2 Å². The number of benzene rings is 1. The molecule has 1 atom stereocenters. The number of amidine groups is 1. The molecule has 2 aromatic heterocycles. The van der Waals surface area contributed by atoms with Gasteiger partial charge in [-0.05, 0) is 36.8 Å². The molecule has 3 heterocycles. The number of nitrogens with zero attached hydrogens (tertiary/aromatic N) is 2. The van der Waals surface area contributed by atoms with Crippen LogP contribution in [0.5, 0.6) is 5.75 Å². The minimum Gasteiger partial charge on any atom is -0.508 e. The molecule has 204 valence electrons. The van der Waals surface area contributed by atoms with Crippen molar-refractivity contribution in [2.24, 2.45) is 5.73 Å². The van der Waals surface area contributed by atoms with Crippen LogP contribution in [0.15, 0.2) is 51.4 Å². The van der Waals surface area contributed by atoms with Crippen LogP contribution in [0.25, 0.3) is 10.6 Å². The number of carbonyl (C=O) groups excluding carboxylic acids is 1. The number of alkyl halides is 3. The Balaban J connectivity index is 0.000000505. The van der Waals surface area contributed by atoms with Crippen LogP contribution in [0, 0.1) is 5.41 Å². The molecule has 0 saturated carbocycles. The number of phenolic OH excluding ortho intramolecular Hbond substituents is 1. The van der Waals surface area contributed by atoms with E-state index in [1.54, 1.807) is 18.2 Å². The third kappa shape index (κ3) is 6.87. The Morgan fingerprint density at radius 1 is 1.29 bits per heavy atom. The predicted molar refractivity (Wildman–Crippen MR) is 127 cm³/mol. The first-order valence-corrected chi connectivity index (χ1v) is 12.8. The fraction of sp³-hybridized carbons (Fsp3) is 0.238. The average Bonchev–Trinajstić information content (AvgIpc) is 3.58. The van der Waals surface area contributed by atoms with Crippen LogP contribution in [-0.2, 0) is 26.2 Å². The summed E-state index contributed by atoms with van der Waals surface area (Å²) in [7, 11) is -3.90. The molecule has 4 rings (SSSR count). The minimum absolute atomic E-state index is 0.0270. The number of carbonyl (C=O) groups is 2. The third-order valence-electron chi connectivity index (χ3n) is 5.13. The smallest absolute Gasteiger partial charge is 0.490 e. The molecule has 6 N–H and O–H groups in total. The van der Waals surface area contributed by atoms with Gasteiger partial charge in [-0.3, -0.25) is 10.2 Å². The highest BCUT2D eigenvalue weighted by Crippen LogP contribution is 2.30. The Morgan fingerprint density at radius 3 is 2.55 bits per heavy atom. The van der Waals surface area contributed by atoms with Gasteiger partial charge >= 0.3 is 12.1 Å². The summed E-state index contributed by atoms with van der Waals surface area (Å²) in [6.45, 7) is 0.406. The van der Waals surface area contributed by atoms with E-state index in [1.807, 2.05) is 0 Å². The summed E-state index contributed by atoms with van der Waals surface area (Å²) in [6, 6.07) is 8.28. The number of carboxylic acid groups (broad SMARTS) is 1. The van der Waals surface area contributed by atoms with Crippen LogP contribution in [0.3, 0.4) is 0 Å². The molecule has 1 amide bonds. The summed E-state index contributed by atoms with van der Waals surface area (Å²) in [5, 5.41) is 28.5. The highest BCUT2D eigenvalue weighted by Gasteiger charge is 2.38. The van der Waals surface area contributed by atoms with Crippen molar-refractivity contribution in [3.8, 4) is 16.3 Å². The van der Waals surface area contributed by atoms with Gasteiger partial charge in [0.25, 0.3) is 10.0 Å². The van der Waals surface area contributed by atoms with Gasteiger partial charge in [-0.1, -0.05) is 5.16 Å². The lowest BCUT2D eigenvalue weighted by atomic mass is 10.1. The first-order chi connectivity index (χ1) is 17.7. The van der Waals surface area contributed by atoms with Gasteiger partial charge in [0, 0.05) is 30.3 Å². The summed E-state index contributed by atoms with van der Waals surface area (Å²) in [6.07, 6.45) is -3.39. The van der Waals surface area contributed by atoms with Crippen LogP contribution in [0.2, 0.25) is 0 Å². The number of nitrogens with one attached hydrogen (secondary N) is 2. The maximum absolute atomic E-state index is 12.8. The number of likely N-dealkylation sites (tertiary alicyclic amines) is 1.